The molecule has 1 aliphatic carbocycles. The molecule has 2 aliphatic rings. The number of benzene rings is 1. The van der Waals surface area contributed by atoms with Crippen molar-refractivity contribution >= 4 is 5.69 Å². The van der Waals surface area contributed by atoms with Gasteiger partial charge in [-0.3, -0.25) is 0 Å². The number of nitriles is 1. The van der Waals surface area contributed by atoms with E-state index in [0.29, 0.717) is 5.92 Å². The molecule has 1 fully saturated rings. The second-order valence-corrected chi connectivity index (χ2v) is 3.97. The van der Waals surface area contributed by atoms with Gasteiger partial charge in [-0.2, -0.15) is 5.26 Å². The lowest BCUT2D eigenvalue weighted by Gasteiger charge is -2.21. The summed E-state index contributed by atoms with van der Waals surface area (Å²) < 4.78 is 0. The molecule has 2 nitrogen and oxygen atoms in total. The Morgan fingerprint density at radius 3 is 3.15 bits per heavy atom. The van der Waals surface area contributed by atoms with Crippen molar-refractivity contribution in [3.63, 3.8) is 0 Å². The van der Waals surface area contributed by atoms with Crippen LogP contribution >= 0.6 is 0 Å². The van der Waals surface area contributed by atoms with Gasteiger partial charge >= 0.3 is 0 Å². The molecule has 1 aliphatic heterocycles. The third kappa shape index (κ3) is 0.818. The third-order valence-corrected chi connectivity index (χ3v) is 3.15. The van der Waals surface area contributed by atoms with E-state index >= 15 is 0 Å². The van der Waals surface area contributed by atoms with Crippen LogP contribution in [0.5, 0.6) is 0 Å². The van der Waals surface area contributed by atoms with Gasteiger partial charge in [0.25, 0.3) is 0 Å². The summed E-state index contributed by atoms with van der Waals surface area (Å²) in [5.41, 5.74) is 2.29. The summed E-state index contributed by atoms with van der Waals surface area (Å²) in [4.78, 5) is 0. The van der Waals surface area contributed by atoms with Gasteiger partial charge in [-0.05, 0) is 24.5 Å². The SMILES string of the molecule is N#CC12CC1Cc1ccccc1N2. The van der Waals surface area contributed by atoms with E-state index in [1.54, 1.807) is 0 Å². The van der Waals surface area contributed by atoms with Crippen LogP contribution in [0.15, 0.2) is 24.3 Å². The van der Waals surface area contributed by atoms with Crippen LogP contribution in [0, 0.1) is 17.2 Å². The van der Waals surface area contributed by atoms with Crippen molar-refractivity contribution in [1.82, 2.24) is 0 Å². The molecule has 1 saturated carbocycles. The molecular formula is C11H10N2. The standard InChI is InChI=1S/C11H10N2/c12-7-11-6-9(11)5-8-3-1-2-4-10(8)13-11/h1-4,9,13H,5-6H2. The van der Waals surface area contributed by atoms with E-state index in [-0.39, 0.29) is 5.54 Å². The molecule has 2 unspecified atom stereocenters. The second-order valence-electron chi connectivity index (χ2n) is 3.97. The lowest BCUT2D eigenvalue weighted by atomic mass is 9.99. The number of anilines is 1. The quantitative estimate of drug-likeness (QED) is 0.645. The van der Waals surface area contributed by atoms with Crippen LogP contribution in [0.1, 0.15) is 12.0 Å². The molecule has 0 radical (unpaired) electrons. The molecular weight excluding hydrogens is 160 g/mol. The van der Waals surface area contributed by atoms with Gasteiger partial charge < -0.3 is 5.32 Å². The van der Waals surface area contributed by atoms with Gasteiger partial charge in [0.2, 0.25) is 0 Å². The Hall–Kier alpha value is -1.49. The van der Waals surface area contributed by atoms with E-state index in [1.165, 1.54) is 5.56 Å². The monoisotopic (exact) mass is 170 g/mol. The third-order valence-electron chi connectivity index (χ3n) is 3.15. The maximum atomic E-state index is 9.01. The number of hydrogen-bond donors (Lipinski definition) is 1. The molecule has 1 heterocycles. The first kappa shape index (κ1) is 6.97. The van der Waals surface area contributed by atoms with Gasteiger partial charge in [-0.1, -0.05) is 18.2 Å². The Morgan fingerprint density at radius 2 is 2.31 bits per heavy atom. The Labute approximate surface area is 77.2 Å². The van der Waals surface area contributed by atoms with Crippen LogP contribution in [0.2, 0.25) is 0 Å². The van der Waals surface area contributed by atoms with Gasteiger partial charge in [0.05, 0.1) is 6.07 Å². The van der Waals surface area contributed by atoms with Crippen LogP contribution in [0.3, 0.4) is 0 Å². The van der Waals surface area contributed by atoms with E-state index in [2.05, 4.69) is 29.6 Å². The Balaban J connectivity index is 2.05. The summed E-state index contributed by atoms with van der Waals surface area (Å²) in [6.07, 6.45) is 2.08. The summed E-state index contributed by atoms with van der Waals surface area (Å²) in [7, 11) is 0. The summed E-state index contributed by atoms with van der Waals surface area (Å²) in [5.74, 6) is 0.549. The Bertz CT molecular complexity index is 405. The van der Waals surface area contributed by atoms with Crippen molar-refractivity contribution in [3.05, 3.63) is 29.8 Å². The minimum absolute atomic E-state index is 0.214. The average molecular weight is 170 g/mol. The zero-order valence-corrected chi connectivity index (χ0v) is 7.25. The fourth-order valence-electron chi connectivity index (χ4n) is 2.22. The zero-order chi connectivity index (χ0) is 8.89. The highest BCUT2D eigenvalue weighted by Crippen LogP contribution is 2.51. The molecule has 2 atom stereocenters. The highest BCUT2D eigenvalue weighted by atomic mass is 15.1. The summed E-state index contributed by atoms with van der Waals surface area (Å²) in [6, 6.07) is 10.7. The Morgan fingerprint density at radius 1 is 1.46 bits per heavy atom. The minimum atomic E-state index is -0.214. The van der Waals surface area contributed by atoms with Crippen LogP contribution in [-0.2, 0) is 6.42 Å². The van der Waals surface area contributed by atoms with Crippen molar-refractivity contribution in [2.45, 2.75) is 18.4 Å². The number of fused-ring (bicyclic) bond motifs is 2. The van der Waals surface area contributed by atoms with Gasteiger partial charge in [0.15, 0.2) is 0 Å². The molecule has 0 spiro atoms. The van der Waals surface area contributed by atoms with Crippen LogP contribution in [0.4, 0.5) is 5.69 Å². The van der Waals surface area contributed by atoms with Gasteiger partial charge in [0, 0.05) is 11.6 Å². The van der Waals surface area contributed by atoms with Crippen molar-refractivity contribution < 1.29 is 0 Å². The predicted molar refractivity (Wildman–Crippen MR) is 50.2 cm³/mol. The van der Waals surface area contributed by atoms with Crippen LogP contribution in [0.25, 0.3) is 0 Å². The molecule has 1 N–H and O–H groups in total. The van der Waals surface area contributed by atoms with Crippen molar-refractivity contribution in [2.75, 3.05) is 5.32 Å². The molecule has 0 aromatic heterocycles. The van der Waals surface area contributed by atoms with E-state index in [4.69, 9.17) is 5.26 Å². The van der Waals surface area contributed by atoms with Crippen molar-refractivity contribution in [3.8, 4) is 6.07 Å². The van der Waals surface area contributed by atoms with E-state index in [9.17, 15) is 0 Å². The predicted octanol–water partition coefficient (Wildman–Crippen LogP) is 1.94. The molecule has 3 rings (SSSR count). The van der Waals surface area contributed by atoms with Crippen molar-refractivity contribution in [1.29, 1.82) is 5.26 Å². The highest BCUT2D eigenvalue weighted by Gasteiger charge is 2.57. The highest BCUT2D eigenvalue weighted by molar-refractivity contribution is 5.61. The van der Waals surface area contributed by atoms with Crippen LogP contribution < -0.4 is 5.32 Å². The maximum absolute atomic E-state index is 9.01. The second kappa shape index (κ2) is 2.05. The number of nitrogens with zero attached hydrogens (tertiary/aromatic N) is 1. The first-order chi connectivity index (χ1) is 6.34. The topological polar surface area (TPSA) is 35.8 Å². The molecule has 1 aromatic rings. The molecule has 0 amide bonds. The average Bonchev–Trinajstić information content (AvgIpc) is 2.88. The largest absolute Gasteiger partial charge is 0.367 e. The maximum Gasteiger partial charge on any atom is 0.129 e. The van der Waals surface area contributed by atoms with Crippen molar-refractivity contribution in [2.24, 2.45) is 5.92 Å². The lowest BCUT2D eigenvalue weighted by Crippen LogP contribution is -2.26. The minimum Gasteiger partial charge on any atom is -0.367 e. The van der Waals surface area contributed by atoms with E-state index in [0.717, 1.165) is 18.5 Å². The molecule has 0 bridgehead atoms. The first-order valence-corrected chi connectivity index (χ1v) is 4.61. The normalized spacial score (nSPS) is 33.6. The van der Waals surface area contributed by atoms with E-state index < -0.39 is 0 Å². The van der Waals surface area contributed by atoms with Crippen LogP contribution in [-0.4, -0.2) is 5.54 Å². The summed E-state index contributed by atoms with van der Waals surface area (Å²) in [5, 5.41) is 12.3. The summed E-state index contributed by atoms with van der Waals surface area (Å²) >= 11 is 0. The fourth-order valence-corrected chi connectivity index (χ4v) is 2.22. The number of rotatable bonds is 0. The zero-order valence-electron chi connectivity index (χ0n) is 7.25. The van der Waals surface area contributed by atoms with Gasteiger partial charge in [0.1, 0.15) is 5.54 Å². The van der Waals surface area contributed by atoms with E-state index in [1.807, 2.05) is 6.07 Å². The number of para-hydroxylation sites is 1. The fraction of sp³-hybridized carbons (Fsp3) is 0.364. The molecule has 64 valence electrons. The molecule has 0 saturated heterocycles. The number of nitrogens with one attached hydrogen (secondary N) is 1. The molecule has 13 heavy (non-hydrogen) atoms. The Kier molecular flexibility index (Phi) is 1.10. The number of hydrogen-bond acceptors (Lipinski definition) is 2. The van der Waals surface area contributed by atoms with Gasteiger partial charge in [-0.15, -0.1) is 0 Å². The smallest absolute Gasteiger partial charge is 0.129 e. The molecule has 2 heteroatoms. The van der Waals surface area contributed by atoms with Gasteiger partial charge in [-0.25, -0.2) is 0 Å². The lowest BCUT2D eigenvalue weighted by molar-refractivity contribution is 0.716. The molecule has 1 aromatic carbocycles. The first-order valence-electron chi connectivity index (χ1n) is 4.61. The summed E-state index contributed by atoms with van der Waals surface area (Å²) in [6.45, 7) is 0.